The van der Waals surface area contributed by atoms with Crippen molar-refractivity contribution in [3.05, 3.63) is 69.4 Å². The van der Waals surface area contributed by atoms with E-state index in [1.54, 1.807) is 18.4 Å². The van der Waals surface area contributed by atoms with Gasteiger partial charge in [0.2, 0.25) is 5.91 Å². The summed E-state index contributed by atoms with van der Waals surface area (Å²) in [5, 5.41) is 4.68. The number of ether oxygens (including phenoxy) is 2. The van der Waals surface area contributed by atoms with E-state index in [9.17, 15) is 4.79 Å². The molecule has 1 aliphatic rings. The summed E-state index contributed by atoms with van der Waals surface area (Å²) in [5.41, 5.74) is 3.96. The molecule has 28 heavy (non-hydrogen) atoms. The molecule has 0 saturated carbocycles. The fraction of sp³-hybridized carbons (Fsp3) is 0.227. The van der Waals surface area contributed by atoms with Crippen LogP contribution in [0.25, 0.3) is 11.1 Å². The molecule has 144 valence electrons. The lowest BCUT2D eigenvalue weighted by Crippen LogP contribution is -2.33. The number of methoxy groups -OCH3 is 1. The van der Waals surface area contributed by atoms with Gasteiger partial charge >= 0.3 is 0 Å². The zero-order valence-electron chi connectivity index (χ0n) is 15.5. The molecule has 0 unspecified atom stereocenters. The second-order valence-electron chi connectivity index (χ2n) is 6.65. The summed E-state index contributed by atoms with van der Waals surface area (Å²) >= 11 is 7.77. The number of halogens is 1. The van der Waals surface area contributed by atoms with Crippen molar-refractivity contribution >= 4 is 28.8 Å². The molecule has 4 nitrogen and oxygen atoms in total. The van der Waals surface area contributed by atoms with Crippen molar-refractivity contribution in [2.45, 2.75) is 13.0 Å². The molecule has 2 heterocycles. The minimum absolute atomic E-state index is 0.0991. The molecule has 0 N–H and O–H groups in total. The molecular weight excluding hydrogens is 394 g/mol. The minimum Gasteiger partial charge on any atom is -0.493 e. The first-order chi connectivity index (χ1) is 13.6. The van der Waals surface area contributed by atoms with Gasteiger partial charge in [-0.05, 0) is 57.8 Å². The Labute approximate surface area is 173 Å². The first kappa shape index (κ1) is 18.8. The van der Waals surface area contributed by atoms with Crippen molar-refractivity contribution in [3.63, 3.8) is 0 Å². The van der Waals surface area contributed by atoms with Crippen molar-refractivity contribution < 1.29 is 14.3 Å². The van der Waals surface area contributed by atoms with Gasteiger partial charge in [0.25, 0.3) is 0 Å². The second-order valence-corrected chi connectivity index (χ2v) is 7.87. The third-order valence-corrected chi connectivity index (χ3v) is 5.73. The number of benzene rings is 2. The third-order valence-electron chi connectivity index (χ3n) is 4.77. The summed E-state index contributed by atoms with van der Waals surface area (Å²) in [7, 11) is 1.63. The fourth-order valence-electron chi connectivity index (χ4n) is 3.36. The van der Waals surface area contributed by atoms with E-state index >= 15 is 0 Å². The van der Waals surface area contributed by atoms with Crippen LogP contribution in [0.5, 0.6) is 11.5 Å². The van der Waals surface area contributed by atoms with Crippen LogP contribution < -0.4 is 9.47 Å². The van der Waals surface area contributed by atoms with Gasteiger partial charge in [-0.15, -0.1) is 0 Å². The Morgan fingerprint density at radius 1 is 1.25 bits per heavy atom. The van der Waals surface area contributed by atoms with Crippen molar-refractivity contribution in [2.24, 2.45) is 0 Å². The summed E-state index contributed by atoms with van der Waals surface area (Å²) in [6.07, 6.45) is 0.407. The van der Waals surface area contributed by atoms with Gasteiger partial charge in [-0.3, -0.25) is 4.79 Å². The van der Waals surface area contributed by atoms with E-state index in [2.05, 4.69) is 6.07 Å². The van der Waals surface area contributed by atoms with Crippen molar-refractivity contribution in [1.29, 1.82) is 0 Å². The van der Waals surface area contributed by atoms with E-state index in [4.69, 9.17) is 21.1 Å². The van der Waals surface area contributed by atoms with E-state index < -0.39 is 0 Å². The van der Waals surface area contributed by atoms with Gasteiger partial charge in [-0.1, -0.05) is 23.7 Å². The van der Waals surface area contributed by atoms with Crippen LogP contribution >= 0.6 is 22.9 Å². The Hall–Kier alpha value is -2.50. The number of hydrogen-bond donors (Lipinski definition) is 0. The zero-order valence-corrected chi connectivity index (χ0v) is 17.1. The minimum atomic E-state index is 0.0991. The Morgan fingerprint density at radius 2 is 2.14 bits per heavy atom. The number of amides is 1. The molecule has 1 aliphatic heterocycles. The number of carbonyl (C=O) groups excluding carboxylic acids is 1. The molecule has 2 aromatic carbocycles. The van der Waals surface area contributed by atoms with Crippen LogP contribution in [0.2, 0.25) is 5.02 Å². The highest BCUT2D eigenvalue weighted by Gasteiger charge is 2.23. The Morgan fingerprint density at radius 3 is 2.89 bits per heavy atom. The van der Waals surface area contributed by atoms with Gasteiger partial charge in [-0.25, -0.2) is 0 Å². The monoisotopic (exact) mass is 413 g/mol. The SMILES string of the molecule is COc1cc(-c2cccc(Cl)c2)cc2c1OCCN(C(=O)Cc1ccsc1)C2. The van der Waals surface area contributed by atoms with Crippen molar-refractivity contribution in [3.8, 4) is 22.6 Å². The number of nitrogens with zero attached hydrogens (tertiary/aromatic N) is 1. The molecule has 0 bridgehead atoms. The summed E-state index contributed by atoms with van der Waals surface area (Å²) < 4.78 is 11.5. The summed E-state index contributed by atoms with van der Waals surface area (Å²) in [6.45, 7) is 1.48. The second kappa shape index (κ2) is 8.25. The largest absolute Gasteiger partial charge is 0.493 e. The van der Waals surface area contributed by atoms with Crippen LogP contribution in [-0.2, 0) is 17.8 Å². The quantitative estimate of drug-likeness (QED) is 0.601. The molecule has 0 radical (unpaired) electrons. The summed E-state index contributed by atoms with van der Waals surface area (Å²) in [5.74, 6) is 1.47. The normalized spacial score (nSPS) is 13.4. The van der Waals surface area contributed by atoms with Gasteiger partial charge < -0.3 is 14.4 Å². The topological polar surface area (TPSA) is 38.8 Å². The number of rotatable bonds is 4. The lowest BCUT2D eigenvalue weighted by atomic mass is 10.0. The van der Waals surface area contributed by atoms with Crippen molar-refractivity contribution in [1.82, 2.24) is 4.90 Å². The van der Waals surface area contributed by atoms with Gasteiger partial charge in [0.1, 0.15) is 6.61 Å². The molecule has 3 aromatic rings. The Balaban J connectivity index is 1.66. The van der Waals surface area contributed by atoms with Crippen LogP contribution in [0.1, 0.15) is 11.1 Å². The number of carbonyl (C=O) groups is 1. The molecular formula is C22H20ClNO3S. The predicted octanol–water partition coefficient (Wildman–Crippen LogP) is 5.04. The van der Waals surface area contributed by atoms with E-state index in [0.717, 1.165) is 22.3 Å². The average Bonchev–Trinajstić information content (AvgIpc) is 3.10. The first-order valence-corrected chi connectivity index (χ1v) is 10.3. The number of hydrogen-bond acceptors (Lipinski definition) is 4. The lowest BCUT2D eigenvalue weighted by Gasteiger charge is -2.20. The summed E-state index contributed by atoms with van der Waals surface area (Å²) in [4.78, 5) is 14.7. The lowest BCUT2D eigenvalue weighted by molar-refractivity contribution is -0.131. The molecule has 1 amide bonds. The molecule has 1 aromatic heterocycles. The van der Waals surface area contributed by atoms with Crippen LogP contribution in [-0.4, -0.2) is 31.1 Å². The summed E-state index contributed by atoms with van der Waals surface area (Å²) in [6, 6.07) is 13.7. The van der Waals surface area contributed by atoms with Gasteiger partial charge in [0.05, 0.1) is 20.1 Å². The maximum absolute atomic E-state index is 12.8. The van der Waals surface area contributed by atoms with E-state index in [1.807, 2.05) is 52.1 Å². The number of thiophene rings is 1. The highest BCUT2D eigenvalue weighted by atomic mass is 35.5. The highest BCUT2D eigenvalue weighted by molar-refractivity contribution is 7.08. The zero-order chi connectivity index (χ0) is 19.5. The molecule has 0 fully saturated rings. The molecule has 4 rings (SSSR count). The van der Waals surface area contributed by atoms with E-state index in [-0.39, 0.29) is 5.91 Å². The Bertz CT molecular complexity index is 987. The maximum atomic E-state index is 12.8. The van der Waals surface area contributed by atoms with Gasteiger partial charge in [0.15, 0.2) is 11.5 Å². The maximum Gasteiger partial charge on any atom is 0.227 e. The standard InChI is InChI=1S/C22H20ClNO3S/c1-26-20-12-17(16-3-2-4-19(23)11-16)10-18-13-24(6-7-27-22(18)20)21(25)9-15-5-8-28-14-15/h2-5,8,10-12,14H,6-7,9,13H2,1H3. The highest BCUT2D eigenvalue weighted by Crippen LogP contribution is 2.38. The van der Waals surface area contributed by atoms with Crippen LogP contribution in [0.15, 0.2) is 53.2 Å². The third kappa shape index (κ3) is 4.01. The molecule has 0 spiro atoms. The average molecular weight is 414 g/mol. The van der Waals surface area contributed by atoms with Crippen LogP contribution in [0.4, 0.5) is 0 Å². The van der Waals surface area contributed by atoms with Crippen LogP contribution in [0, 0.1) is 0 Å². The van der Waals surface area contributed by atoms with Gasteiger partial charge in [-0.2, -0.15) is 11.3 Å². The fourth-order valence-corrected chi connectivity index (χ4v) is 4.22. The van der Waals surface area contributed by atoms with E-state index in [1.165, 1.54) is 0 Å². The smallest absolute Gasteiger partial charge is 0.227 e. The van der Waals surface area contributed by atoms with Gasteiger partial charge in [0, 0.05) is 17.1 Å². The van der Waals surface area contributed by atoms with Crippen molar-refractivity contribution in [2.75, 3.05) is 20.3 Å². The first-order valence-electron chi connectivity index (χ1n) is 9.02. The molecule has 6 heteroatoms. The van der Waals surface area contributed by atoms with E-state index in [0.29, 0.717) is 42.6 Å². The predicted molar refractivity (Wildman–Crippen MR) is 112 cm³/mol. The van der Waals surface area contributed by atoms with Crippen LogP contribution in [0.3, 0.4) is 0 Å². The molecule has 0 saturated heterocycles. The molecule has 0 aliphatic carbocycles. The number of fused-ring (bicyclic) bond motifs is 1. The Kier molecular flexibility index (Phi) is 5.55. The molecule has 0 atom stereocenters.